The average Bonchev–Trinajstić information content (AvgIpc) is 2.37. The Kier molecular flexibility index (Phi) is 8.98. The molecule has 0 aromatic rings. The third kappa shape index (κ3) is 4.70. The predicted molar refractivity (Wildman–Crippen MR) is 87.8 cm³/mol. The fraction of sp³-hybridized carbons (Fsp3) is 0.867. The van der Waals surface area contributed by atoms with Crippen molar-refractivity contribution < 1.29 is 9.53 Å². The zero-order valence-electron chi connectivity index (χ0n) is 13.6. The summed E-state index contributed by atoms with van der Waals surface area (Å²) in [7, 11) is 1.64. The van der Waals surface area contributed by atoms with Crippen LogP contribution in [-0.2, 0) is 9.53 Å². The van der Waals surface area contributed by atoms with E-state index in [0.29, 0.717) is 31.0 Å². The van der Waals surface area contributed by atoms with Crippen molar-refractivity contribution in [1.82, 2.24) is 4.90 Å². The second-order valence-corrected chi connectivity index (χ2v) is 5.97. The molecule has 0 aromatic heterocycles. The molecule has 0 saturated carbocycles. The highest BCUT2D eigenvalue weighted by atomic mass is 32.1. The summed E-state index contributed by atoms with van der Waals surface area (Å²) in [4.78, 5) is 15.2. The molecule has 0 radical (unpaired) electrons. The molecule has 0 heterocycles. The van der Waals surface area contributed by atoms with Gasteiger partial charge >= 0.3 is 0 Å². The molecule has 2 N–H and O–H groups in total. The van der Waals surface area contributed by atoms with E-state index in [-0.39, 0.29) is 11.9 Å². The predicted octanol–water partition coefficient (Wildman–Crippen LogP) is 2.74. The van der Waals surface area contributed by atoms with Gasteiger partial charge in [-0.1, -0.05) is 38.9 Å². The quantitative estimate of drug-likeness (QED) is 0.630. The summed E-state index contributed by atoms with van der Waals surface area (Å²) < 4.78 is 5.11. The number of methoxy groups -OCH3 is 1. The van der Waals surface area contributed by atoms with Crippen molar-refractivity contribution in [1.29, 1.82) is 0 Å². The average molecular weight is 302 g/mol. The number of hydrogen-bond acceptors (Lipinski definition) is 3. The Bertz CT molecular complexity index is 313. The van der Waals surface area contributed by atoms with Crippen LogP contribution in [0.2, 0.25) is 0 Å². The summed E-state index contributed by atoms with van der Waals surface area (Å²) in [5, 5.41) is 0. The van der Waals surface area contributed by atoms with Crippen molar-refractivity contribution in [2.24, 2.45) is 11.1 Å². The highest BCUT2D eigenvalue weighted by Gasteiger charge is 2.42. The lowest BCUT2D eigenvalue weighted by Gasteiger charge is -2.38. The number of amides is 1. The molecular weight excluding hydrogens is 272 g/mol. The minimum atomic E-state index is -0.698. The van der Waals surface area contributed by atoms with Crippen molar-refractivity contribution in [3.8, 4) is 0 Å². The Balaban J connectivity index is 5.39. The zero-order chi connectivity index (χ0) is 15.8. The van der Waals surface area contributed by atoms with E-state index in [4.69, 9.17) is 22.7 Å². The fourth-order valence-electron chi connectivity index (χ4n) is 2.60. The van der Waals surface area contributed by atoms with Gasteiger partial charge in [0.15, 0.2) is 0 Å². The van der Waals surface area contributed by atoms with Gasteiger partial charge in [-0.25, -0.2) is 0 Å². The number of nitrogens with zero attached hydrogens (tertiary/aromatic N) is 1. The van der Waals surface area contributed by atoms with Gasteiger partial charge < -0.3 is 15.4 Å². The minimum absolute atomic E-state index is 0.0563. The van der Waals surface area contributed by atoms with Crippen LogP contribution in [0.3, 0.4) is 0 Å². The molecule has 0 aliphatic rings. The van der Waals surface area contributed by atoms with Crippen molar-refractivity contribution >= 4 is 23.1 Å². The van der Waals surface area contributed by atoms with E-state index in [0.717, 1.165) is 12.8 Å². The molecule has 0 spiro atoms. The molecular formula is C15H30N2O2S. The van der Waals surface area contributed by atoms with Crippen LogP contribution in [0.15, 0.2) is 0 Å². The molecule has 0 fully saturated rings. The summed E-state index contributed by atoms with van der Waals surface area (Å²) in [6.07, 6.45) is 3.20. The Morgan fingerprint density at radius 2 is 1.80 bits per heavy atom. The first-order valence-electron chi connectivity index (χ1n) is 7.47. The lowest BCUT2D eigenvalue weighted by Crippen LogP contribution is -2.53. The van der Waals surface area contributed by atoms with Crippen LogP contribution in [0, 0.1) is 5.41 Å². The van der Waals surface area contributed by atoms with E-state index < -0.39 is 5.41 Å². The van der Waals surface area contributed by atoms with E-state index >= 15 is 0 Å². The summed E-state index contributed by atoms with van der Waals surface area (Å²) in [5.74, 6) is 0.0563. The van der Waals surface area contributed by atoms with E-state index in [9.17, 15) is 4.79 Å². The summed E-state index contributed by atoms with van der Waals surface area (Å²) >= 11 is 5.25. The number of carbonyl (C=O) groups is 1. The normalized spacial score (nSPS) is 11.7. The molecule has 20 heavy (non-hydrogen) atoms. The maximum atomic E-state index is 13.0. The fourth-order valence-corrected chi connectivity index (χ4v) is 2.89. The number of ether oxygens (including phenoxy) is 1. The number of carbonyl (C=O) groups excluding carboxylic acids is 1. The number of thiocarbonyl (C=S) groups is 1. The highest BCUT2D eigenvalue weighted by Crippen LogP contribution is 2.33. The van der Waals surface area contributed by atoms with Crippen LogP contribution in [0.1, 0.15) is 53.4 Å². The molecule has 4 nitrogen and oxygen atoms in total. The lowest BCUT2D eigenvalue weighted by atomic mass is 9.77. The second-order valence-electron chi connectivity index (χ2n) is 5.53. The van der Waals surface area contributed by atoms with E-state index in [1.807, 2.05) is 18.7 Å². The van der Waals surface area contributed by atoms with E-state index in [1.54, 1.807) is 7.11 Å². The Morgan fingerprint density at radius 1 is 1.30 bits per heavy atom. The van der Waals surface area contributed by atoms with Crippen molar-refractivity contribution in [2.45, 2.75) is 59.4 Å². The number of rotatable bonds is 10. The molecule has 0 atom stereocenters. The van der Waals surface area contributed by atoms with E-state index in [1.165, 1.54) is 0 Å². The Morgan fingerprint density at radius 3 is 2.10 bits per heavy atom. The van der Waals surface area contributed by atoms with Crippen LogP contribution in [0.25, 0.3) is 0 Å². The standard InChI is InChI=1S/C15H30N2O2S/c1-6-8-15(9-7-2,13(16)20)14(18)17(12(3)4)10-11-19-5/h12H,6-11H2,1-5H3,(H2,16,20). The van der Waals surface area contributed by atoms with Gasteiger partial charge in [-0.05, 0) is 26.7 Å². The first-order valence-corrected chi connectivity index (χ1v) is 7.88. The molecule has 118 valence electrons. The highest BCUT2D eigenvalue weighted by molar-refractivity contribution is 7.80. The van der Waals surface area contributed by atoms with Gasteiger partial charge in [-0.2, -0.15) is 0 Å². The molecule has 0 aliphatic heterocycles. The van der Waals surface area contributed by atoms with Crippen LogP contribution in [0.5, 0.6) is 0 Å². The smallest absolute Gasteiger partial charge is 0.235 e. The monoisotopic (exact) mass is 302 g/mol. The first-order chi connectivity index (χ1) is 9.37. The number of hydrogen-bond donors (Lipinski definition) is 1. The summed E-state index contributed by atoms with van der Waals surface area (Å²) in [6, 6.07) is 0.111. The summed E-state index contributed by atoms with van der Waals surface area (Å²) in [6.45, 7) is 9.24. The van der Waals surface area contributed by atoms with Gasteiger partial charge in [-0.3, -0.25) is 4.79 Å². The van der Waals surface area contributed by atoms with Crippen LogP contribution < -0.4 is 5.73 Å². The molecule has 0 bridgehead atoms. The van der Waals surface area contributed by atoms with Gasteiger partial charge in [-0.15, -0.1) is 0 Å². The van der Waals surface area contributed by atoms with Gasteiger partial charge in [0.2, 0.25) is 5.91 Å². The third-order valence-electron chi connectivity index (χ3n) is 3.66. The van der Waals surface area contributed by atoms with Crippen molar-refractivity contribution in [2.75, 3.05) is 20.3 Å². The van der Waals surface area contributed by atoms with Gasteiger partial charge in [0.25, 0.3) is 0 Å². The topological polar surface area (TPSA) is 55.6 Å². The van der Waals surface area contributed by atoms with Crippen molar-refractivity contribution in [3.05, 3.63) is 0 Å². The molecule has 1 amide bonds. The lowest BCUT2D eigenvalue weighted by molar-refractivity contribution is -0.141. The maximum Gasteiger partial charge on any atom is 0.235 e. The molecule has 0 aliphatic carbocycles. The van der Waals surface area contributed by atoms with Gasteiger partial charge in [0.1, 0.15) is 0 Å². The zero-order valence-corrected chi connectivity index (χ0v) is 14.4. The second kappa shape index (κ2) is 9.29. The van der Waals surface area contributed by atoms with Crippen LogP contribution in [-0.4, -0.2) is 42.1 Å². The first kappa shape index (κ1) is 19.3. The Labute approximate surface area is 129 Å². The van der Waals surface area contributed by atoms with Crippen LogP contribution >= 0.6 is 12.2 Å². The summed E-state index contributed by atoms with van der Waals surface area (Å²) in [5.41, 5.74) is 5.27. The third-order valence-corrected chi connectivity index (χ3v) is 4.05. The molecule has 0 aromatic carbocycles. The van der Waals surface area contributed by atoms with Gasteiger partial charge in [0.05, 0.1) is 17.0 Å². The molecule has 5 heteroatoms. The van der Waals surface area contributed by atoms with Crippen molar-refractivity contribution in [3.63, 3.8) is 0 Å². The molecule has 0 unspecified atom stereocenters. The largest absolute Gasteiger partial charge is 0.392 e. The number of nitrogens with two attached hydrogens (primary N) is 1. The minimum Gasteiger partial charge on any atom is -0.392 e. The molecule has 0 saturated heterocycles. The van der Waals surface area contributed by atoms with Gasteiger partial charge in [0, 0.05) is 19.7 Å². The SMILES string of the molecule is CCCC(CCC)(C(=O)N(CCOC)C(C)C)C(N)=S. The van der Waals surface area contributed by atoms with Crippen LogP contribution in [0.4, 0.5) is 0 Å². The van der Waals surface area contributed by atoms with E-state index in [2.05, 4.69) is 13.8 Å². The molecule has 0 rings (SSSR count). The maximum absolute atomic E-state index is 13.0. The Hall–Kier alpha value is -0.680.